The highest BCUT2D eigenvalue weighted by Crippen LogP contribution is 2.40. The molecule has 2 aliphatic heterocycles. The van der Waals surface area contributed by atoms with E-state index in [1.165, 1.54) is 7.11 Å². The molecule has 4 amide bonds. The number of halogens is 1. The van der Waals surface area contributed by atoms with E-state index in [1.807, 2.05) is 113 Å². The fourth-order valence-corrected chi connectivity index (χ4v) is 9.39. The number of imidazole rings is 2. The van der Waals surface area contributed by atoms with E-state index in [0.29, 0.717) is 54.0 Å². The highest BCUT2D eigenvalue weighted by Gasteiger charge is 2.41. The first-order valence-electron chi connectivity index (χ1n) is 20.7. The molecule has 0 aliphatic carbocycles. The minimum Gasteiger partial charge on any atom is -0.453 e. The molecule has 0 bridgehead atoms. The Balaban J connectivity index is 0.953. The number of aromatic nitrogens is 4. The number of methoxy groups -OCH3 is 1. The Bertz CT molecular complexity index is 2520. The summed E-state index contributed by atoms with van der Waals surface area (Å²) in [7, 11) is 1.28. The lowest BCUT2D eigenvalue weighted by molar-refractivity contribution is -0.138. The van der Waals surface area contributed by atoms with Crippen molar-refractivity contribution in [3.63, 3.8) is 0 Å². The molecule has 4 N–H and O–H groups in total. The molecule has 2 aromatic heterocycles. The van der Waals surface area contributed by atoms with Crippen LogP contribution in [-0.4, -0.2) is 92.4 Å². The van der Waals surface area contributed by atoms with E-state index in [0.717, 1.165) is 46.4 Å². The van der Waals surface area contributed by atoms with Gasteiger partial charge in [0, 0.05) is 23.9 Å². The van der Waals surface area contributed by atoms with E-state index in [9.17, 15) is 19.2 Å². The lowest BCUT2D eigenvalue weighted by Gasteiger charge is -2.28. The molecule has 0 unspecified atom stereocenters. The predicted octanol–water partition coefficient (Wildman–Crippen LogP) is 8.01. The Morgan fingerprint density at radius 1 is 0.841 bits per heavy atom. The minimum atomic E-state index is -0.911. The van der Waals surface area contributed by atoms with E-state index in [2.05, 4.69) is 32.9 Å². The van der Waals surface area contributed by atoms with Gasteiger partial charge in [0.15, 0.2) is 0 Å². The third-order valence-electron chi connectivity index (χ3n) is 11.7. The van der Waals surface area contributed by atoms with Gasteiger partial charge in [0.1, 0.15) is 28.5 Å². The van der Waals surface area contributed by atoms with E-state index >= 15 is 0 Å². The summed E-state index contributed by atoms with van der Waals surface area (Å²) < 4.78 is 4.86. The van der Waals surface area contributed by atoms with Crippen LogP contribution in [0.1, 0.15) is 66.1 Å². The Morgan fingerprint density at radius 2 is 1.49 bits per heavy atom. The first kappa shape index (κ1) is 43.2. The fourth-order valence-electron chi connectivity index (χ4n) is 8.46. The average molecular weight is 887 g/mol. The summed E-state index contributed by atoms with van der Waals surface area (Å²) in [5, 5.41) is 3.32. The van der Waals surface area contributed by atoms with Gasteiger partial charge in [0.2, 0.25) is 12.3 Å². The Labute approximate surface area is 374 Å². The molecule has 324 valence electrons. The number of benzene rings is 4. The number of carbonyl (C=O) groups is 4. The standard InChI is InChI=1S/C47H47ClN8O6S/c1-61-47(60)53-41(33-12-7-4-8-13-33)46(59)56-26-35(63-2)24-39(56)43-49-25-37(51-43)32-19-15-29(16-20-32)30-17-21-34(22-18-30)40-42(48)54-44(52-40)38-14-9-23-55(38)45(58)36(27-62-50-28-57)31-10-5-3-6-11-31/h3-8,10-13,15-22,25,28,35-36,38-39,41H,9,14,23-24,26-27H2,1-2H3,(H,49,51)(H,50,57)(H,52,54)(H,53,60)/t35-,36+,38-,39-,41-/m0/s1. The van der Waals surface area contributed by atoms with Crippen LogP contribution in [0.5, 0.6) is 0 Å². The SMILES string of the molecule is COC(=O)N[C@H](C(=O)N1C[C@@H](SC)C[C@H]1c1ncc(-c2ccc(-c3ccc(-c4nc([C@@H]5CCCN5C(=O)[C@H](CONC=O)c5ccccc5)[nH]c4Cl)cc3)cc2)[nH]1)c1ccccc1. The maximum absolute atomic E-state index is 14.2. The smallest absolute Gasteiger partial charge is 0.407 e. The molecule has 63 heavy (non-hydrogen) atoms. The van der Waals surface area contributed by atoms with Gasteiger partial charge in [-0.2, -0.15) is 11.8 Å². The van der Waals surface area contributed by atoms with Gasteiger partial charge in [-0.05, 0) is 53.3 Å². The van der Waals surface area contributed by atoms with Crippen molar-refractivity contribution < 1.29 is 28.8 Å². The topological polar surface area (TPSA) is 175 Å². The predicted molar refractivity (Wildman–Crippen MR) is 241 cm³/mol. The number of hydrogen-bond acceptors (Lipinski definition) is 9. The number of hydrogen-bond donors (Lipinski definition) is 4. The zero-order chi connectivity index (χ0) is 43.9. The van der Waals surface area contributed by atoms with Crippen molar-refractivity contribution in [2.45, 2.75) is 48.6 Å². The number of aromatic amines is 2. The van der Waals surface area contributed by atoms with Crippen molar-refractivity contribution in [2.75, 3.05) is 33.1 Å². The van der Waals surface area contributed by atoms with Crippen molar-refractivity contribution in [1.29, 1.82) is 0 Å². The largest absolute Gasteiger partial charge is 0.453 e. The summed E-state index contributed by atoms with van der Waals surface area (Å²) in [6.07, 6.45) is 5.83. The molecular weight excluding hydrogens is 840 g/mol. The number of alkyl carbamates (subject to hydrolysis) is 1. The number of nitrogens with zero attached hydrogens (tertiary/aromatic N) is 4. The first-order chi connectivity index (χ1) is 30.8. The number of thioether (sulfide) groups is 1. The second kappa shape index (κ2) is 19.7. The van der Waals surface area contributed by atoms with E-state index in [1.54, 1.807) is 18.0 Å². The quantitative estimate of drug-likeness (QED) is 0.0453. The number of amides is 4. The molecule has 14 nitrogen and oxygen atoms in total. The van der Waals surface area contributed by atoms with Crippen molar-refractivity contribution in [1.82, 2.24) is 40.5 Å². The molecular formula is C47H47ClN8O6S. The molecule has 0 saturated carbocycles. The lowest BCUT2D eigenvalue weighted by Crippen LogP contribution is -2.43. The van der Waals surface area contributed by atoms with Crippen LogP contribution in [0.25, 0.3) is 33.6 Å². The molecule has 2 saturated heterocycles. The maximum Gasteiger partial charge on any atom is 0.407 e. The van der Waals surface area contributed by atoms with Gasteiger partial charge in [0.25, 0.3) is 5.91 Å². The number of carbonyl (C=O) groups excluding carboxylic acids is 4. The van der Waals surface area contributed by atoms with Crippen LogP contribution in [0.4, 0.5) is 4.79 Å². The number of ether oxygens (including phenoxy) is 1. The van der Waals surface area contributed by atoms with Crippen LogP contribution in [0, 0.1) is 0 Å². The van der Waals surface area contributed by atoms with Gasteiger partial charge in [-0.15, -0.1) is 0 Å². The van der Waals surface area contributed by atoms with Crippen LogP contribution in [0.2, 0.25) is 5.15 Å². The molecule has 16 heteroatoms. The average Bonchev–Trinajstić information content (AvgIpc) is 4.17. The Morgan fingerprint density at radius 3 is 2.14 bits per heavy atom. The van der Waals surface area contributed by atoms with Gasteiger partial charge in [-0.1, -0.05) is 121 Å². The first-order valence-corrected chi connectivity index (χ1v) is 22.3. The Kier molecular flexibility index (Phi) is 13.5. The van der Waals surface area contributed by atoms with E-state index in [4.69, 9.17) is 31.1 Å². The van der Waals surface area contributed by atoms with Crippen LogP contribution < -0.4 is 10.8 Å². The van der Waals surface area contributed by atoms with Gasteiger partial charge < -0.3 is 29.8 Å². The number of likely N-dealkylation sites (tertiary alicyclic amines) is 2. The molecule has 0 radical (unpaired) electrons. The fraction of sp³-hybridized carbons (Fsp3) is 0.277. The lowest BCUT2D eigenvalue weighted by atomic mass is 9.98. The molecule has 4 heterocycles. The zero-order valence-corrected chi connectivity index (χ0v) is 36.3. The van der Waals surface area contributed by atoms with Crippen LogP contribution in [0.3, 0.4) is 0 Å². The number of nitrogens with one attached hydrogen (secondary N) is 4. The van der Waals surface area contributed by atoms with Crippen molar-refractivity contribution in [3.05, 3.63) is 143 Å². The van der Waals surface area contributed by atoms with Gasteiger partial charge in [0.05, 0.1) is 43.6 Å². The summed E-state index contributed by atoms with van der Waals surface area (Å²) in [6, 6.07) is 33.2. The van der Waals surface area contributed by atoms with Gasteiger partial charge >= 0.3 is 6.09 Å². The van der Waals surface area contributed by atoms with Crippen molar-refractivity contribution in [3.8, 4) is 33.6 Å². The Hall–Kier alpha value is -6.42. The summed E-state index contributed by atoms with van der Waals surface area (Å²) in [5.74, 6) is 0.336. The molecule has 4 aromatic carbocycles. The van der Waals surface area contributed by atoms with Gasteiger partial charge in [-0.3, -0.25) is 19.2 Å². The molecule has 6 aromatic rings. The highest BCUT2D eigenvalue weighted by molar-refractivity contribution is 7.99. The molecule has 8 rings (SSSR count). The normalized spacial score (nSPS) is 18.2. The highest BCUT2D eigenvalue weighted by atomic mass is 35.5. The molecule has 5 atom stereocenters. The third kappa shape index (κ3) is 9.50. The van der Waals surface area contributed by atoms with Crippen LogP contribution in [0.15, 0.2) is 115 Å². The number of hydroxylamine groups is 1. The molecule has 0 spiro atoms. The zero-order valence-electron chi connectivity index (χ0n) is 34.7. The maximum atomic E-state index is 14.2. The summed E-state index contributed by atoms with van der Waals surface area (Å²) in [4.78, 5) is 76.7. The minimum absolute atomic E-state index is 0.00817. The van der Waals surface area contributed by atoms with Crippen LogP contribution in [-0.2, 0) is 24.0 Å². The molecule has 2 fully saturated rings. The second-order valence-corrected chi connectivity index (χ2v) is 16.9. The third-order valence-corrected chi connectivity index (χ3v) is 13.0. The number of rotatable bonds is 15. The summed E-state index contributed by atoms with van der Waals surface area (Å²) in [6.45, 7) is 1.07. The number of H-pyrrole nitrogens is 2. The van der Waals surface area contributed by atoms with Crippen LogP contribution >= 0.6 is 23.4 Å². The summed E-state index contributed by atoms with van der Waals surface area (Å²) in [5.41, 5.74) is 8.88. The monoisotopic (exact) mass is 886 g/mol. The van der Waals surface area contributed by atoms with Gasteiger partial charge in [-0.25, -0.2) is 20.2 Å². The second-order valence-electron chi connectivity index (χ2n) is 15.4. The van der Waals surface area contributed by atoms with Crippen molar-refractivity contribution >= 4 is 47.7 Å². The molecule has 2 aliphatic rings. The van der Waals surface area contributed by atoms with E-state index in [-0.39, 0.29) is 35.8 Å². The van der Waals surface area contributed by atoms with Crippen molar-refractivity contribution in [2.24, 2.45) is 0 Å². The van der Waals surface area contributed by atoms with E-state index < -0.39 is 18.1 Å². The summed E-state index contributed by atoms with van der Waals surface area (Å²) >= 11 is 8.48.